The third-order valence-electron chi connectivity index (χ3n) is 2.94. The highest BCUT2D eigenvalue weighted by atomic mass is 16.1. The molecule has 0 saturated heterocycles. The van der Waals surface area contributed by atoms with Gasteiger partial charge in [-0.2, -0.15) is 5.26 Å². The van der Waals surface area contributed by atoms with Crippen LogP contribution in [0.5, 0.6) is 0 Å². The highest BCUT2D eigenvalue weighted by Crippen LogP contribution is 2.22. The van der Waals surface area contributed by atoms with Crippen LogP contribution in [-0.2, 0) is 4.79 Å². The Bertz CT molecular complexity index is 846. The standard InChI is InChI=1S/C15H11N5O/c16-6-4-14(21)19-11-3-1-2-10(8-11)13-9-18-15-12(20-13)5-7-17-15/h1-3,5,7-9H,4H2,(H,17,18)(H,19,21). The van der Waals surface area contributed by atoms with E-state index in [0.29, 0.717) is 5.69 Å². The first kappa shape index (κ1) is 12.8. The van der Waals surface area contributed by atoms with E-state index in [9.17, 15) is 4.79 Å². The molecule has 0 aliphatic carbocycles. The van der Waals surface area contributed by atoms with E-state index >= 15 is 0 Å². The minimum absolute atomic E-state index is 0.167. The second-order valence-corrected chi connectivity index (χ2v) is 4.43. The average molecular weight is 277 g/mol. The molecule has 2 aromatic heterocycles. The zero-order valence-corrected chi connectivity index (χ0v) is 11.0. The monoisotopic (exact) mass is 277 g/mol. The van der Waals surface area contributed by atoms with Crippen molar-refractivity contribution in [2.45, 2.75) is 6.42 Å². The van der Waals surface area contributed by atoms with Crippen molar-refractivity contribution >= 4 is 22.8 Å². The molecule has 3 rings (SSSR count). The molecular formula is C15H11N5O. The first-order chi connectivity index (χ1) is 10.3. The molecule has 2 heterocycles. The Morgan fingerprint density at radius 1 is 1.38 bits per heavy atom. The summed E-state index contributed by atoms with van der Waals surface area (Å²) in [4.78, 5) is 23.2. The van der Waals surface area contributed by atoms with E-state index in [4.69, 9.17) is 5.26 Å². The molecule has 102 valence electrons. The lowest BCUT2D eigenvalue weighted by Crippen LogP contribution is -2.09. The third-order valence-corrected chi connectivity index (χ3v) is 2.94. The summed E-state index contributed by atoms with van der Waals surface area (Å²) >= 11 is 0. The molecule has 0 unspecified atom stereocenters. The molecule has 0 saturated carbocycles. The lowest BCUT2D eigenvalue weighted by molar-refractivity contribution is -0.115. The number of fused-ring (bicyclic) bond motifs is 1. The molecule has 3 aromatic rings. The first-order valence-corrected chi connectivity index (χ1v) is 6.33. The second kappa shape index (κ2) is 5.43. The number of H-pyrrole nitrogens is 1. The van der Waals surface area contributed by atoms with Crippen LogP contribution >= 0.6 is 0 Å². The van der Waals surface area contributed by atoms with Crippen molar-refractivity contribution in [2.24, 2.45) is 0 Å². The predicted molar refractivity (Wildman–Crippen MR) is 78.2 cm³/mol. The van der Waals surface area contributed by atoms with Crippen LogP contribution in [0.15, 0.2) is 42.7 Å². The molecular weight excluding hydrogens is 266 g/mol. The van der Waals surface area contributed by atoms with Crippen molar-refractivity contribution in [3.05, 3.63) is 42.7 Å². The number of rotatable bonds is 3. The maximum atomic E-state index is 11.4. The summed E-state index contributed by atoms with van der Waals surface area (Å²) < 4.78 is 0. The zero-order chi connectivity index (χ0) is 14.7. The summed E-state index contributed by atoms with van der Waals surface area (Å²) in [6, 6.07) is 10.9. The van der Waals surface area contributed by atoms with Gasteiger partial charge in [0.25, 0.3) is 0 Å². The Morgan fingerprint density at radius 3 is 3.14 bits per heavy atom. The quantitative estimate of drug-likeness (QED) is 0.768. The Balaban J connectivity index is 1.91. The smallest absolute Gasteiger partial charge is 0.238 e. The molecule has 2 N–H and O–H groups in total. The van der Waals surface area contributed by atoms with Gasteiger partial charge in [0, 0.05) is 17.4 Å². The number of hydrogen-bond acceptors (Lipinski definition) is 4. The van der Waals surface area contributed by atoms with Crippen LogP contribution in [0.4, 0.5) is 5.69 Å². The Kier molecular flexibility index (Phi) is 3.31. The number of aromatic amines is 1. The molecule has 0 radical (unpaired) electrons. The molecule has 0 spiro atoms. The predicted octanol–water partition coefficient (Wildman–Crippen LogP) is 2.48. The van der Waals surface area contributed by atoms with Crippen molar-refractivity contribution in [1.82, 2.24) is 15.0 Å². The van der Waals surface area contributed by atoms with Crippen molar-refractivity contribution in [3.8, 4) is 17.3 Å². The lowest BCUT2D eigenvalue weighted by atomic mass is 10.1. The Hall–Kier alpha value is -3.20. The molecule has 0 atom stereocenters. The summed E-state index contributed by atoms with van der Waals surface area (Å²) in [5, 5.41) is 11.2. The van der Waals surface area contributed by atoms with E-state index in [1.807, 2.05) is 24.3 Å². The number of aromatic nitrogens is 3. The van der Waals surface area contributed by atoms with Gasteiger partial charge in [-0.1, -0.05) is 12.1 Å². The van der Waals surface area contributed by atoms with Crippen LogP contribution in [0.2, 0.25) is 0 Å². The highest BCUT2D eigenvalue weighted by Gasteiger charge is 2.06. The summed E-state index contributed by atoms with van der Waals surface area (Å²) in [7, 11) is 0. The summed E-state index contributed by atoms with van der Waals surface area (Å²) in [5.74, 6) is -0.332. The molecule has 0 aliphatic heterocycles. The number of anilines is 1. The zero-order valence-electron chi connectivity index (χ0n) is 11.0. The highest BCUT2D eigenvalue weighted by molar-refractivity contribution is 5.92. The lowest BCUT2D eigenvalue weighted by Gasteiger charge is -2.05. The van der Waals surface area contributed by atoms with E-state index < -0.39 is 0 Å². The number of hydrogen-bond donors (Lipinski definition) is 2. The molecule has 0 fully saturated rings. The molecule has 0 bridgehead atoms. The number of nitrogens with one attached hydrogen (secondary N) is 2. The fraction of sp³-hybridized carbons (Fsp3) is 0.0667. The van der Waals surface area contributed by atoms with Crippen molar-refractivity contribution in [2.75, 3.05) is 5.32 Å². The van der Waals surface area contributed by atoms with E-state index in [1.165, 1.54) is 0 Å². The van der Waals surface area contributed by atoms with Gasteiger partial charge in [0.15, 0.2) is 5.65 Å². The van der Waals surface area contributed by atoms with Crippen LogP contribution < -0.4 is 5.32 Å². The number of amides is 1. The molecule has 0 aliphatic rings. The average Bonchev–Trinajstić information content (AvgIpc) is 2.95. The van der Waals surface area contributed by atoms with Crippen LogP contribution in [0.25, 0.3) is 22.4 Å². The topological polar surface area (TPSA) is 94.5 Å². The Morgan fingerprint density at radius 2 is 2.29 bits per heavy atom. The maximum Gasteiger partial charge on any atom is 0.238 e. The van der Waals surface area contributed by atoms with Gasteiger partial charge in [0.1, 0.15) is 11.9 Å². The summed E-state index contributed by atoms with van der Waals surface area (Å²) in [6.07, 6.45) is 3.29. The molecule has 1 amide bonds. The van der Waals surface area contributed by atoms with Gasteiger partial charge in [-0.3, -0.25) is 4.79 Å². The number of carbonyl (C=O) groups excluding carboxylic acids is 1. The SMILES string of the molecule is N#CCC(=O)Nc1cccc(-c2cnc3[nH]ccc3n2)c1. The number of nitriles is 1. The first-order valence-electron chi connectivity index (χ1n) is 6.33. The number of carbonyl (C=O) groups is 1. The van der Waals surface area contributed by atoms with Crippen LogP contribution in [0, 0.1) is 11.3 Å². The minimum atomic E-state index is -0.332. The van der Waals surface area contributed by atoms with E-state index in [2.05, 4.69) is 20.3 Å². The summed E-state index contributed by atoms with van der Waals surface area (Å²) in [6.45, 7) is 0. The van der Waals surface area contributed by atoms with Crippen LogP contribution in [0.3, 0.4) is 0 Å². The van der Waals surface area contributed by atoms with Crippen LogP contribution in [-0.4, -0.2) is 20.9 Å². The summed E-state index contributed by atoms with van der Waals surface area (Å²) in [5.41, 5.74) is 3.71. The van der Waals surface area contributed by atoms with Crippen molar-refractivity contribution < 1.29 is 4.79 Å². The fourth-order valence-corrected chi connectivity index (χ4v) is 2.00. The molecule has 6 nitrogen and oxygen atoms in total. The van der Waals surface area contributed by atoms with E-state index in [-0.39, 0.29) is 12.3 Å². The second-order valence-electron chi connectivity index (χ2n) is 4.43. The fourth-order valence-electron chi connectivity index (χ4n) is 2.00. The van der Waals surface area contributed by atoms with Gasteiger partial charge < -0.3 is 10.3 Å². The number of nitrogens with zero attached hydrogens (tertiary/aromatic N) is 3. The van der Waals surface area contributed by atoms with Gasteiger partial charge in [-0.25, -0.2) is 9.97 Å². The minimum Gasteiger partial charge on any atom is -0.345 e. The Labute approximate surface area is 120 Å². The van der Waals surface area contributed by atoms with Gasteiger partial charge in [-0.15, -0.1) is 0 Å². The van der Waals surface area contributed by atoms with Gasteiger partial charge >= 0.3 is 0 Å². The van der Waals surface area contributed by atoms with Crippen LogP contribution in [0.1, 0.15) is 6.42 Å². The largest absolute Gasteiger partial charge is 0.345 e. The molecule has 6 heteroatoms. The van der Waals surface area contributed by atoms with Crippen molar-refractivity contribution in [1.29, 1.82) is 5.26 Å². The van der Waals surface area contributed by atoms with Gasteiger partial charge in [0.05, 0.1) is 18.0 Å². The van der Waals surface area contributed by atoms with Crippen molar-refractivity contribution in [3.63, 3.8) is 0 Å². The van der Waals surface area contributed by atoms with Gasteiger partial charge in [-0.05, 0) is 18.2 Å². The number of benzene rings is 1. The molecule has 21 heavy (non-hydrogen) atoms. The normalized spacial score (nSPS) is 10.2. The van der Waals surface area contributed by atoms with E-state index in [0.717, 1.165) is 22.4 Å². The molecule has 1 aromatic carbocycles. The maximum absolute atomic E-state index is 11.4. The van der Waals surface area contributed by atoms with E-state index in [1.54, 1.807) is 24.5 Å². The third kappa shape index (κ3) is 2.72. The van der Waals surface area contributed by atoms with Gasteiger partial charge in [0.2, 0.25) is 5.91 Å².